The van der Waals surface area contributed by atoms with Gasteiger partial charge in [-0.15, -0.1) is 0 Å². The molecule has 11 nitrogen and oxygen atoms in total. The number of hydrogen-bond acceptors (Lipinski definition) is 9. The molecule has 0 unspecified atom stereocenters. The number of methoxy groups -OCH3 is 1. The van der Waals surface area contributed by atoms with Crippen LogP contribution in [0, 0.1) is 0 Å². The molecule has 3 aliphatic rings. The molecule has 0 bridgehead atoms. The highest BCUT2D eigenvalue weighted by Crippen LogP contribution is 2.40. The molecule has 5 rings (SSSR count). The van der Waals surface area contributed by atoms with Gasteiger partial charge in [0.2, 0.25) is 11.8 Å². The first kappa shape index (κ1) is 28.8. The zero-order valence-electron chi connectivity index (χ0n) is 24.0. The number of carbonyl (C=O) groups is 1. The maximum absolute atomic E-state index is 15.4. The number of alkyl halides is 2. The third-order valence-corrected chi connectivity index (χ3v) is 8.10. The van der Waals surface area contributed by atoms with Gasteiger partial charge in [0.15, 0.2) is 5.82 Å². The van der Waals surface area contributed by atoms with Crippen LogP contribution in [0.5, 0.6) is 5.75 Å². The Kier molecular flexibility index (Phi) is 8.43. The number of piperidine rings is 1. The first-order valence-electron chi connectivity index (χ1n) is 14.0. The number of hydrogen-bond donors (Lipinski definition) is 2. The highest BCUT2D eigenvalue weighted by molar-refractivity contribution is 6.05. The summed E-state index contributed by atoms with van der Waals surface area (Å²) in [6, 6.07) is 5.18. The number of halogens is 2. The first-order valence-corrected chi connectivity index (χ1v) is 14.0. The lowest BCUT2D eigenvalue weighted by Gasteiger charge is -2.31. The summed E-state index contributed by atoms with van der Waals surface area (Å²) in [5.41, 5.74) is 1.43. The van der Waals surface area contributed by atoms with E-state index in [1.165, 1.54) is 32.4 Å². The molecule has 3 heterocycles. The Hall–Kier alpha value is -3.74. The Labute approximate surface area is 238 Å². The number of nitrogens with zero attached hydrogens (tertiary/aromatic N) is 6. The summed E-state index contributed by atoms with van der Waals surface area (Å²) >= 11 is 0. The molecule has 1 aromatic heterocycles. The van der Waals surface area contributed by atoms with E-state index < -0.39 is 18.3 Å². The van der Waals surface area contributed by atoms with Crippen LogP contribution in [0.1, 0.15) is 48.9 Å². The van der Waals surface area contributed by atoms with Crippen molar-refractivity contribution >= 4 is 34.9 Å². The van der Waals surface area contributed by atoms with Crippen LogP contribution in [0.3, 0.4) is 0 Å². The van der Waals surface area contributed by atoms with E-state index in [4.69, 9.17) is 14.6 Å². The summed E-state index contributed by atoms with van der Waals surface area (Å²) in [7, 11) is 6.36. The van der Waals surface area contributed by atoms with Crippen LogP contribution in [0.2, 0.25) is 0 Å². The lowest BCUT2D eigenvalue weighted by molar-refractivity contribution is 0.0749. The number of amidine groups is 1. The van der Waals surface area contributed by atoms with Gasteiger partial charge in [-0.2, -0.15) is 13.8 Å². The van der Waals surface area contributed by atoms with Crippen molar-refractivity contribution in [3.63, 3.8) is 0 Å². The predicted molar refractivity (Wildman–Crippen MR) is 154 cm³/mol. The molecule has 2 aliphatic heterocycles. The van der Waals surface area contributed by atoms with Gasteiger partial charge in [0.25, 0.3) is 5.91 Å². The van der Waals surface area contributed by atoms with Gasteiger partial charge in [-0.05, 0) is 64.0 Å². The first-order chi connectivity index (χ1) is 19.7. The Morgan fingerprint density at radius 2 is 1.85 bits per heavy atom. The third-order valence-electron chi connectivity index (χ3n) is 8.10. The number of rotatable bonds is 7. The molecule has 0 radical (unpaired) electrons. The normalized spacial score (nSPS) is 21.0. The van der Waals surface area contributed by atoms with Gasteiger partial charge in [-0.3, -0.25) is 4.79 Å². The maximum Gasteiger partial charge on any atom is 0.325 e. The van der Waals surface area contributed by atoms with Crippen molar-refractivity contribution in [2.24, 2.45) is 5.16 Å². The van der Waals surface area contributed by atoms with Crippen molar-refractivity contribution < 1.29 is 23.1 Å². The number of carbonyl (C=O) groups excluding carboxylic acids is 1. The number of fused-ring (bicyclic) bond motifs is 1. The number of oxime groups is 1. The second kappa shape index (κ2) is 12.0. The molecule has 1 aromatic carbocycles. The van der Waals surface area contributed by atoms with Crippen molar-refractivity contribution in [2.75, 3.05) is 63.1 Å². The van der Waals surface area contributed by atoms with E-state index in [9.17, 15) is 4.79 Å². The van der Waals surface area contributed by atoms with E-state index >= 15 is 8.78 Å². The van der Waals surface area contributed by atoms with Gasteiger partial charge in [-0.25, -0.2) is 4.98 Å². The second-order valence-corrected chi connectivity index (χ2v) is 10.9. The van der Waals surface area contributed by atoms with E-state index in [-0.39, 0.29) is 23.9 Å². The lowest BCUT2D eigenvalue weighted by atomic mass is 10.0. The maximum atomic E-state index is 15.4. The van der Waals surface area contributed by atoms with Gasteiger partial charge >= 0.3 is 5.92 Å². The zero-order chi connectivity index (χ0) is 29.1. The number of anilines is 4. The molecule has 1 aliphatic carbocycles. The number of amides is 1. The number of likely N-dealkylation sites (tertiary alicyclic amines) is 1. The van der Waals surface area contributed by atoms with E-state index in [1.807, 2.05) is 0 Å². The average molecular weight is 573 g/mol. The molecule has 0 spiro atoms. The van der Waals surface area contributed by atoms with Crippen molar-refractivity contribution in [1.82, 2.24) is 20.2 Å². The van der Waals surface area contributed by atoms with Crippen molar-refractivity contribution in [2.45, 2.75) is 56.5 Å². The largest absolute Gasteiger partial charge is 0.495 e. The number of ether oxygens (including phenoxy) is 1. The molecular formula is C28H38F2N8O3. The minimum absolute atomic E-state index is 0.0745. The Morgan fingerprint density at radius 3 is 2.54 bits per heavy atom. The second-order valence-electron chi connectivity index (χ2n) is 10.9. The molecule has 1 saturated heterocycles. The van der Waals surface area contributed by atoms with Gasteiger partial charge in [-0.1, -0.05) is 18.0 Å². The Balaban J connectivity index is 1.41. The summed E-state index contributed by atoms with van der Waals surface area (Å²) in [6.45, 7) is 1.33. The van der Waals surface area contributed by atoms with Gasteiger partial charge < -0.3 is 34.9 Å². The number of nitrogens with one attached hydrogen (secondary N) is 2. The summed E-state index contributed by atoms with van der Waals surface area (Å²) < 4.78 is 36.5. The monoisotopic (exact) mass is 572 g/mol. The van der Waals surface area contributed by atoms with Gasteiger partial charge in [0, 0.05) is 24.7 Å². The average Bonchev–Trinajstić information content (AvgIpc) is 3.48. The molecule has 2 fully saturated rings. The van der Waals surface area contributed by atoms with Crippen LogP contribution in [0.4, 0.5) is 31.9 Å². The summed E-state index contributed by atoms with van der Waals surface area (Å²) in [4.78, 5) is 32.1. The van der Waals surface area contributed by atoms with Crippen molar-refractivity contribution in [3.8, 4) is 5.75 Å². The number of benzene rings is 1. The van der Waals surface area contributed by atoms with Crippen LogP contribution in [0.25, 0.3) is 0 Å². The van der Waals surface area contributed by atoms with E-state index in [0.717, 1.165) is 51.6 Å². The molecule has 1 saturated carbocycles. The van der Waals surface area contributed by atoms with Crippen LogP contribution < -0.4 is 25.2 Å². The lowest BCUT2D eigenvalue weighted by Crippen LogP contribution is -2.48. The van der Waals surface area contributed by atoms with E-state index in [2.05, 4.69) is 32.7 Å². The van der Waals surface area contributed by atoms with Crippen LogP contribution in [-0.4, -0.2) is 92.6 Å². The SMILES string of the molecule is CO/N=C1/N(C)c2cnc(Nc3ccc(C(=O)NC4CCN(C)CC4)cc3OC)nc2N(C2CCCC2)CC1(F)F. The zero-order valence-corrected chi connectivity index (χ0v) is 24.0. The standard InChI is InChI=1S/C28H38F2N8O3/c1-36-13-11-19(12-14-36)32-25(39)18-9-10-21(23(15-18)40-3)33-27-31-16-22-24(34-27)38(20-7-5-6-8-20)17-28(29,30)26(35-41-4)37(22)2/h9-10,15-16,19-20H,5-8,11-14,17H2,1-4H3,(H,32,39)(H,31,33,34)/b35-26+. The molecule has 222 valence electrons. The van der Waals surface area contributed by atoms with Gasteiger partial charge in [0.1, 0.15) is 18.5 Å². The Morgan fingerprint density at radius 1 is 1.12 bits per heavy atom. The fourth-order valence-electron chi connectivity index (χ4n) is 5.80. The summed E-state index contributed by atoms with van der Waals surface area (Å²) in [5.74, 6) is -2.87. The van der Waals surface area contributed by atoms with E-state index in [1.54, 1.807) is 23.1 Å². The minimum atomic E-state index is -3.27. The molecule has 2 aromatic rings. The number of aromatic nitrogens is 2. The van der Waals surface area contributed by atoms with Crippen LogP contribution in [0.15, 0.2) is 29.6 Å². The fourth-order valence-corrected chi connectivity index (χ4v) is 5.80. The van der Waals surface area contributed by atoms with Crippen molar-refractivity contribution in [1.29, 1.82) is 0 Å². The Bertz CT molecular complexity index is 1280. The molecule has 2 N–H and O–H groups in total. The van der Waals surface area contributed by atoms with E-state index in [0.29, 0.717) is 28.5 Å². The smallest absolute Gasteiger partial charge is 0.325 e. The van der Waals surface area contributed by atoms with Crippen LogP contribution >= 0.6 is 0 Å². The molecular weight excluding hydrogens is 534 g/mol. The molecule has 13 heteroatoms. The molecule has 1 amide bonds. The van der Waals surface area contributed by atoms with Crippen molar-refractivity contribution in [3.05, 3.63) is 30.0 Å². The summed E-state index contributed by atoms with van der Waals surface area (Å²) in [5, 5.41) is 9.93. The fraction of sp³-hybridized carbons (Fsp3) is 0.571. The topological polar surface area (TPSA) is 107 Å². The highest BCUT2D eigenvalue weighted by atomic mass is 19.3. The van der Waals surface area contributed by atoms with Crippen LogP contribution in [-0.2, 0) is 4.84 Å². The molecule has 0 atom stereocenters. The van der Waals surface area contributed by atoms with Gasteiger partial charge in [0.05, 0.1) is 25.5 Å². The third kappa shape index (κ3) is 6.14. The minimum Gasteiger partial charge on any atom is -0.495 e. The summed E-state index contributed by atoms with van der Waals surface area (Å²) in [6.07, 6.45) is 6.88. The quantitative estimate of drug-likeness (QED) is 0.479. The molecule has 41 heavy (non-hydrogen) atoms. The highest BCUT2D eigenvalue weighted by Gasteiger charge is 2.47. The predicted octanol–water partition coefficient (Wildman–Crippen LogP) is 3.85.